The van der Waals surface area contributed by atoms with Gasteiger partial charge in [-0.2, -0.15) is 4.39 Å². The van der Waals surface area contributed by atoms with Crippen molar-refractivity contribution in [2.24, 2.45) is 0 Å². The van der Waals surface area contributed by atoms with Crippen molar-refractivity contribution in [1.29, 1.82) is 0 Å². The number of nitrogens with one attached hydrogen (secondary N) is 2. The topological polar surface area (TPSA) is 59.1 Å². The highest BCUT2D eigenvalue weighted by Gasteiger charge is 2.21. The number of hydrogen-bond acceptors (Lipinski definition) is 7. The fourth-order valence-corrected chi connectivity index (χ4v) is 4.95. The fraction of sp³-hybridized carbons (Fsp3) is 0.0400. The van der Waals surface area contributed by atoms with E-state index < -0.39 is 11.8 Å². The van der Waals surface area contributed by atoms with E-state index in [1.54, 1.807) is 35.2 Å². The third-order valence-electron chi connectivity index (χ3n) is 5.12. The standard InChI is InChI=1S/C25H16ClF3N4OS2/c26-18-9-23(36-33-25-12-35-13-32-25)19(28)10-21(18)34-22-11-31-20(15-2-1-3-16(27)6-15)8-17(22)14-4-5-30-24(29)7-14/h1-10,12-13,31,33H,11H2. The number of hydrogen-bond donors (Lipinski definition) is 2. The average Bonchev–Trinajstić information content (AvgIpc) is 3.39. The molecule has 2 N–H and O–H groups in total. The fourth-order valence-electron chi connectivity index (χ4n) is 3.46. The number of aromatic nitrogens is 2. The summed E-state index contributed by atoms with van der Waals surface area (Å²) >= 11 is 8.88. The molecule has 2 aromatic carbocycles. The highest BCUT2D eigenvalue weighted by atomic mass is 35.5. The van der Waals surface area contributed by atoms with Crippen LogP contribution in [0.1, 0.15) is 11.1 Å². The molecule has 0 aliphatic carbocycles. The summed E-state index contributed by atoms with van der Waals surface area (Å²) < 4.78 is 51.6. The van der Waals surface area contributed by atoms with E-state index in [2.05, 4.69) is 20.0 Å². The van der Waals surface area contributed by atoms with Gasteiger partial charge in [-0.1, -0.05) is 23.7 Å². The molecule has 0 atom stereocenters. The molecule has 0 saturated carbocycles. The number of halogens is 4. The predicted octanol–water partition coefficient (Wildman–Crippen LogP) is 7.16. The van der Waals surface area contributed by atoms with E-state index in [9.17, 15) is 13.2 Å². The van der Waals surface area contributed by atoms with Gasteiger partial charge < -0.3 is 14.8 Å². The molecule has 0 spiro atoms. The highest BCUT2D eigenvalue weighted by Crippen LogP contribution is 2.36. The van der Waals surface area contributed by atoms with Gasteiger partial charge in [-0.3, -0.25) is 0 Å². The summed E-state index contributed by atoms with van der Waals surface area (Å²) in [6.07, 6.45) is 3.05. The van der Waals surface area contributed by atoms with Gasteiger partial charge in [-0.15, -0.1) is 11.3 Å². The van der Waals surface area contributed by atoms with Gasteiger partial charge in [-0.05, 0) is 47.9 Å². The van der Waals surface area contributed by atoms with Gasteiger partial charge in [-0.25, -0.2) is 18.7 Å². The van der Waals surface area contributed by atoms with Crippen molar-refractivity contribution in [2.45, 2.75) is 4.90 Å². The molecule has 0 radical (unpaired) electrons. The molecule has 5 rings (SSSR count). The van der Waals surface area contributed by atoms with Crippen LogP contribution < -0.4 is 14.8 Å². The first-order valence-electron chi connectivity index (χ1n) is 10.5. The van der Waals surface area contributed by atoms with E-state index in [-0.39, 0.29) is 28.0 Å². The largest absolute Gasteiger partial charge is 0.458 e. The molecule has 5 nitrogen and oxygen atoms in total. The number of rotatable bonds is 7. The molecule has 0 bridgehead atoms. The number of dihydropyridines is 1. The lowest BCUT2D eigenvalue weighted by Crippen LogP contribution is -2.23. The molecule has 1 aliphatic heterocycles. The Hall–Kier alpha value is -3.47. The average molecular weight is 545 g/mol. The molecule has 0 saturated heterocycles. The molecule has 182 valence electrons. The van der Waals surface area contributed by atoms with Crippen LogP contribution in [0, 0.1) is 17.6 Å². The molecule has 3 heterocycles. The highest BCUT2D eigenvalue weighted by molar-refractivity contribution is 8.00. The van der Waals surface area contributed by atoms with Crippen molar-refractivity contribution in [1.82, 2.24) is 15.3 Å². The Morgan fingerprint density at radius 2 is 1.94 bits per heavy atom. The number of anilines is 1. The minimum absolute atomic E-state index is 0.0959. The number of allylic oxidation sites excluding steroid dienone is 2. The van der Waals surface area contributed by atoms with E-state index >= 15 is 0 Å². The van der Waals surface area contributed by atoms with Crippen molar-refractivity contribution < 1.29 is 17.9 Å². The number of benzene rings is 2. The van der Waals surface area contributed by atoms with E-state index in [0.717, 1.165) is 11.9 Å². The van der Waals surface area contributed by atoms with E-state index in [0.29, 0.717) is 34.0 Å². The molecular weight excluding hydrogens is 529 g/mol. The number of pyridine rings is 1. The smallest absolute Gasteiger partial charge is 0.213 e. The summed E-state index contributed by atoms with van der Waals surface area (Å²) in [5.41, 5.74) is 3.90. The van der Waals surface area contributed by atoms with Crippen LogP contribution in [0.3, 0.4) is 0 Å². The van der Waals surface area contributed by atoms with Crippen molar-refractivity contribution in [3.63, 3.8) is 0 Å². The van der Waals surface area contributed by atoms with Gasteiger partial charge in [0.05, 0.1) is 22.0 Å². The Balaban J connectivity index is 1.48. The first-order valence-corrected chi connectivity index (χ1v) is 12.6. The van der Waals surface area contributed by atoms with Crippen LogP contribution in [-0.2, 0) is 0 Å². The maximum atomic E-state index is 14.9. The lowest BCUT2D eigenvalue weighted by molar-refractivity contribution is 0.409. The molecule has 4 aromatic rings. The SMILES string of the molecule is Fc1cccc(C2=CC(c3ccnc(F)c3)=C(Oc3cc(F)c(SNc4cscn4)cc3Cl)CN2)c1. The zero-order valence-corrected chi connectivity index (χ0v) is 20.7. The van der Waals surface area contributed by atoms with Crippen LogP contribution >= 0.6 is 34.9 Å². The zero-order chi connectivity index (χ0) is 25.1. The monoisotopic (exact) mass is 544 g/mol. The minimum Gasteiger partial charge on any atom is -0.458 e. The predicted molar refractivity (Wildman–Crippen MR) is 137 cm³/mol. The summed E-state index contributed by atoms with van der Waals surface area (Å²) in [5, 5.41) is 5.15. The molecular formula is C25H16ClF3N4OS2. The lowest BCUT2D eigenvalue weighted by Gasteiger charge is -2.23. The van der Waals surface area contributed by atoms with Gasteiger partial charge in [0.2, 0.25) is 5.95 Å². The summed E-state index contributed by atoms with van der Waals surface area (Å²) in [5.74, 6) is -0.520. The second-order valence-electron chi connectivity index (χ2n) is 7.52. The van der Waals surface area contributed by atoms with Crippen molar-refractivity contribution >= 4 is 52.0 Å². The molecule has 0 amide bonds. The van der Waals surface area contributed by atoms with Gasteiger partial charge in [0.1, 0.15) is 29.0 Å². The van der Waals surface area contributed by atoms with Crippen molar-refractivity contribution in [2.75, 3.05) is 11.3 Å². The van der Waals surface area contributed by atoms with E-state index in [1.165, 1.54) is 47.9 Å². The van der Waals surface area contributed by atoms with Crippen LogP contribution in [0.25, 0.3) is 11.3 Å². The minimum atomic E-state index is -0.670. The number of thiazole rings is 1. The van der Waals surface area contributed by atoms with Gasteiger partial charge >= 0.3 is 0 Å². The Bertz CT molecular complexity index is 1480. The van der Waals surface area contributed by atoms with E-state index in [1.807, 2.05) is 0 Å². The van der Waals surface area contributed by atoms with Crippen LogP contribution in [0.2, 0.25) is 5.02 Å². The normalized spacial score (nSPS) is 13.3. The summed E-state index contributed by atoms with van der Waals surface area (Å²) in [6, 6.07) is 11.6. The second-order valence-corrected chi connectivity index (χ2v) is 9.49. The number of nitrogens with zero attached hydrogens (tertiary/aromatic N) is 2. The van der Waals surface area contributed by atoms with Crippen LogP contribution in [-0.4, -0.2) is 16.5 Å². The van der Waals surface area contributed by atoms with Crippen molar-refractivity contribution in [3.8, 4) is 5.75 Å². The summed E-state index contributed by atoms with van der Waals surface area (Å²) in [6.45, 7) is 0.168. The first-order chi connectivity index (χ1) is 17.5. The Labute approximate surface area is 217 Å². The maximum Gasteiger partial charge on any atom is 0.213 e. The Kier molecular flexibility index (Phi) is 7.17. The summed E-state index contributed by atoms with van der Waals surface area (Å²) in [4.78, 5) is 7.96. The van der Waals surface area contributed by atoms with E-state index in [4.69, 9.17) is 16.3 Å². The Morgan fingerprint density at radius 1 is 1.06 bits per heavy atom. The first kappa shape index (κ1) is 24.2. The Morgan fingerprint density at radius 3 is 2.72 bits per heavy atom. The summed E-state index contributed by atoms with van der Waals surface area (Å²) in [7, 11) is 0. The van der Waals surface area contributed by atoms with Gasteiger partial charge in [0, 0.05) is 40.5 Å². The molecule has 1 aliphatic rings. The van der Waals surface area contributed by atoms with Gasteiger partial charge in [0.25, 0.3) is 0 Å². The quantitative estimate of drug-likeness (QED) is 0.190. The molecule has 11 heteroatoms. The maximum absolute atomic E-state index is 14.9. The van der Waals surface area contributed by atoms with Gasteiger partial charge in [0.15, 0.2) is 0 Å². The third kappa shape index (κ3) is 5.51. The molecule has 36 heavy (non-hydrogen) atoms. The lowest BCUT2D eigenvalue weighted by atomic mass is 9.99. The van der Waals surface area contributed by atoms with Crippen LogP contribution in [0.15, 0.2) is 82.3 Å². The van der Waals surface area contributed by atoms with Crippen LogP contribution in [0.5, 0.6) is 5.75 Å². The molecule has 2 aromatic heterocycles. The van der Waals surface area contributed by atoms with Crippen molar-refractivity contribution in [3.05, 3.63) is 111 Å². The number of ether oxygens (including phenoxy) is 1. The second kappa shape index (κ2) is 10.7. The van der Waals surface area contributed by atoms with Crippen LogP contribution in [0.4, 0.5) is 19.0 Å². The molecule has 0 unspecified atom stereocenters. The third-order valence-corrected chi connectivity index (χ3v) is 6.84. The molecule has 0 fully saturated rings. The zero-order valence-electron chi connectivity index (χ0n) is 18.3.